The molecule has 1 aliphatic rings. The number of alkyl halides is 1. The van der Waals surface area contributed by atoms with Gasteiger partial charge in [0, 0.05) is 11.8 Å². The van der Waals surface area contributed by atoms with E-state index in [1.165, 1.54) is 12.3 Å². The second-order valence-electron chi connectivity index (χ2n) is 11.6. The summed E-state index contributed by atoms with van der Waals surface area (Å²) in [5.41, 5.74) is 0.508. The summed E-state index contributed by atoms with van der Waals surface area (Å²) in [4.78, 5) is 29.6. The van der Waals surface area contributed by atoms with Crippen molar-refractivity contribution in [3.8, 4) is 11.5 Å². The van der Waals surface area contributed by atoms with Crippen LogP contribution < -0.4 is 20.5 Å². The van der Waals surface area contributed by atoms with Crippen LogP contribution in [0.1, 0.15) is 40.2 Å². The van der Waals surface area contributed by atoms with Crippen molar-refractivity contribution in [2.75, 3.05) is 19.5 Å². The Bertz CT molecular complexity index is 1870. The monoisotopic (exact) mass is 665 g/mol. The molecule has 1 fully saturated rings. The summed E-state index contributed by atoms with van der Waals surface area (Å²) in [6.45, 7) is 1.69. The Hall–Kier alpha value is -5.36. The van der Waals surface area contributed by atoms with Crippen LogP contribution in [-0.2, 0) is 15.1 Å². The minimum atomic E-state index is -1.99. The molecule has 0 saturated carbocycles. The first kappa shape index (κ1) is 33.5. The van der Waals surface area contributed by atoms with E-state index in [2.05, 4.69) is 10.3 Å². The molecule has 0 radical (unpaired) electrons. The molecular formula is C38H36FN3O7. The molecule has 4 aromatic carbocycles. The first-order valence-corrected chi connectivity index (χ1v) is 15.7. The molecule has 252 valence electrons. The third kappa shape index (κ3) is 6.68. The quantitative estimate of drug-likeness (QED) is 0.177. The number of carbonyl (C=O) groups excluding carboxylic acids is 1. The second kappa shape index (κ2) is 14.4. The molecule has 11 heteroatoms. The van der Waals surface area contributed by atoms with Crippen LogP contribution in [-0.4, -0.2) is 59.3 Å². The van der Waals surface area contributed by atoms with Crippen LogP contribution in [0.25, 0.3) is 0 Å². The van der Waals surface area contributed by atoms with Gasteiger partial charge in [-0.05, 0) is 66.1 Å². The molecule has 10 nitrogen and oxygen atoms in total. The molecule has 2 heterocycles. The van der Waals surface area contributed by atoms with E-state index in [1.807, 2.05) is 78.9 Å². The second-order valence-corrected chi connectivity index (χ2v) is 11.6. The number of hydrogen-bond donors (Lipinski definition) is 2. The molecule has 0 spiro atoms. The van der Waals surface area contributed by atoms with Crippen molar-refractivity contribution < 1.29 is 33.2 Å². The van der Waals surface area contributed by atoms with Crippen molar-refractivity contribution in [2.24, 2.45) is 0 Å². The number of nitrogens with zero attached hydrogens (tertiary/aromatic N) is 2. The Balaban J connectivity index is 1.32. The van der Waals surface area contributed by atoms with Gasteiger partial charge in [-0.25, -0.2) is 9.18 Å². The normalized spacial score (nSPS) is 19.6. The Morgan fingerprint density at radius 3 is 1.92 bits per heavy atom. The number of nitrogens with one attached hydrogen (secondary N) is 1. The lowest BCUT2D eigenvalue weighted by molar-refractivity contribution is -0.137. The molecule has 1 aromatic heterocycles. The average Bonchev–Trinajstić information content (AvgIpc) is 3.44. The number of ether oxygens (including phenoxy) is 4. The van der Waals surface area contributed by atoms with Crippen molar-refractivity contribution in [3.05, 3.63) is 154 Å². The average molecular weight is 666 g/mol. The lowest BCUT2D eigenvalue weighted by Gasteiger charge is -2.40. The predicted molar refractivity (Wildman–Crippen MR) is 181 cm³/mol. The maximum Gasteiger partial charge on any atom is 0.351 e. The van der Waals surface area contributed by atoms with Gasteiger partial charge in [0.15, 0.2) is 12.4 Å². The van der Waals surface area contributed by atoms with E-state index in [1.54, 1.807) is 51.5 Å². The van der Waals surface area contributed by atoms with Crippen LogP contribution in [0.15, 0.2) is 126 Å². The topological polar surface area (TPSA) is 121 Å². The Morgan fingerprint density at radius 2 is 1.39 bits per heavy atom. The van der Waals surface area contributed by atoms with E-state index in [4.69, 9.17) is 18.9 Å². The van der Waals surface area contributed by atoms with Crippen molar-refractivity contribution in [1.29, 1.82) is 0 Å². The van der Waals surface area contributed by atoms with E-state index < -0.39 is 47.9 Å². The fraction of sp³-hybridized carbons (Fsp3) is 0.237. The third-order valence-electron chi connectivity index (χ3n) is 8.61. The van der Waals surface area contributed by atoms with Gasteiger partial charge in [0.05, 0.1) is 20.3 Å². The molecule has 1 saturated heterocycles. The number of rotatable bonds is 11. The number of aliphatic hydroxyl groups is 1. The number of hydrogen-bond acceptors (Lipinski definition) is 8. The van der Waals surface area contributed by atoms with Crippen LogP contribution in [0.4, 0.5) is 10.2 Å². The molecule has 2 unspecified atom stereocenters. The SMILES string of the molecule is COc1ccc(C(OC(C)C2O[C@@H](n3ccc(NC(=O)c4ccccc4)nc3=O)[C@H](F)[C@@H]2O)(c2ccccc2)c2ccc(OC)cc2)cc1. The molecule has 5 atom stereocenters. The highest BCUT2D eigenvalue weighted by atomic mass is 19.1. The number of anilines is 1. The van der Waals surface area contributed by atoms with Crippen molar-refractivity contribution in [1.82, 2.24) is 9.55 Å². The van der Waals surface area contributed by atoms with Crippen molar-refractivity contribution in [2.45, 2.75) is 43.2 Å². The first-order chi connectivity index (χ1) is 23.7. The summed E-state index contributed by atoms with van der Waals surface area (Å²) >= 11 is 0. The zero-order valence-corrected chi connectivity index (χ0v) is 27.1. The van der Waals surface area contributed by atoms with E-state index in [0.717, 1.165) is 21.3 Å². The van der Waals surface area contributed by atoms with Crippen LogP contribution in [0, 0.1) is 0 Å². The Labute approximate surface area is 282 Å². The van der Waals surface area contributed by atoms with Gasteiger partial charge in [0.1, 0.15) is 35.1 Å². The Morgan fingerprint density at radius 1 is 0.857 bits per heavy atom. The molecule has 1 aliphatic heterocycles. The van der Waals surface area contributed by atoms with Gasteiger partial charge in [-0.15, -0.1) is 0 Å². The van der Waals surface area contributed by atoms with E-state index in [9.17, 15) is 14.7 Å². The number of halogens is 1. The molecule has 5 aromatic rings. The standard InChI is InChI=1S/C38H36FN3O7/c1-24(34-33(43)32(39)36(48-34)42-23-22-31(41-37(42)45)40-35(44)25-10-6-4-7-11-25)49-38(26-12-8-5-9-13-26,27-14-18-29(46-2)19-15-27)28-16-20-30(47-3)21-17-28/h4-24,32-34,36,43H,1-3H3,(H,40,41,44,45)/t24?,32-,33+,34?,36-/m1/s1. The van der Waals surface area contributed by atoms with Crippen molar-refractivity contribution in [3.63, 3.8) is 0 Å². The summed E-state index contributed by atoms with van der Waals surface area (Å²) in [6, 6.07) is 34.2. The summed E-state index contributed by atoms with van der Waals surface area (Å²) < 4.78 is 40.7. The van der Waals surface area contributed by atoms with Gasteiger partial charge in [-0.3, -0.25) is 9.36 Å². The molecule has 0 bridgehead atoms. The van der Waals surface area contributed by atoms with E-state index in [-0.39, 0.29) is 5.82 Å². The third-order valence-corrected chi connectivity index (χ3v) is 8.61. The highest BCUT2D eigenvalue weighted by molar-refractivity contribution is 6.03. The zero-order valence-electron chi connectivity index (χ0n) is 27.1. The minimum absolute atomic E-state index is 0.0102. The molecule has 6 rings (SSSR count). The summed E-state index contributed by atoms with van der Waals surface area (Å²) in [5, 5.41) is 13.8. The molecule has 0 aliphatic carbocycles. The van der Waals surface area contributed by atoms with Gasteiger partial charge in [0.2, 0.25) is 0 Å². The van der Waals surface area contributed by atoms with Crippen LogP contribution in [0.5, 0.6) is 11.5 Å². The summed E-state index contributed by atoms with van der Waals surface area (Å²) in [5.74, 6) is 0.832. The van der Waals surface area contributed by atoms with Gasteiger partial charge in [-0.2, -0.15) is 4.98 Å². The lowest BCUT2D eigenvalue weighted by Crippen LogP contribution is -2.44. The number of amides is 1. The fourth-order valence-corrected chi connectivity index (χ4v) is 6.10. The highest BCUT2D eigenvalue weighted by Gasteiger charge is 2.50. The molecular weight excluding hydrogens is 629 g/mol. The minimum Gasteiger partial charge on any atom is -0.497 e. The molecule has 1 amide bonds. The van der Waals surface area contributed by atoms with Crippen LogP contribution >= 0.6 is 0 Å². The van der Waals surface area contributed by atoms with Gasteiger partial charge < -0.3 is 29.4 Å². The number of carbonyl (C=O) groups is 1. The van der Waals surface area contributed by atoms with E-state index >= 15 is 4.39 Å². The molecule has 49 heavy (non-hydrogen) atoms. The largest absolute Gasteiger partial charge is 0.497 e. The lowest BCUT2D eigenvalue weighted by atomic mass is 9.79. The number of benzene rings is 4. The van der Waals surface area contributed by atoms with Crippen LogP contribution in [0.2, 0.25) is 0 Å². The molecule has 2 N–H and O–H groups in total. The number of aliphatic hydroxyl groups excluding tert-OH is 1. The van der Waals surface area contributed by atoms with Crippen LogP contribution in [0.3, 0.4) is 0 Å². The fourth-order valence-electron chi connectivity index (χ4n) is 6.10. The maximum absolute atomic E-state index is 15.8. The van der Waals surface area contributed by atoms with Gasteiger partial charge >= 0.3 is 5.69 Å². The maximum atomic E-state index is 15.8. The van der Waals surface area contributed by atoms with Gasteiger partial charge in [-0.1, -0.05) is 72.8 Å². The van der Waals surface area contributed by atoms with E-state index in [0.29, 0.717) is 17.1 Å². The van der Waals surface area contributed by atoms with Crippen molar-refractivity contribution >= 4 is 11.7 Å². The highest BCUT2D eigenvalue weighted by Crippen LogP contribution is 2.44. The number of methoxy groups -OCH3 is 2. The summed E-state index contributed by atoms with van der Waals surface area (Å²) in [6.07, 6.45) is -5.98. The van der Waals surface area contributed by atoms with Gasteiger partial charge in [0.25, 0.3) is 5.91 Å². The summed E-state index contributed by atoms with van der Waals surface area (Å²) in [7, 11) is 3.17. The first-order valence-electron chi connectivity index (χ1n) is 15.7. The zero-order chi connectivity index (χ0) is 34.5. The Kier molecular flexibility index (Phi) is 9.86. The number of aromatic nitrogens is 2. The smallest absolute Gasteiger partial charge is 0.351 e. The predicted octanol–water partition coefficient (Wildman–Crippen LogP) is 5.51.